The van der Waals surface area contributed by atoms with Gasteiger partial charge in [-0.15, -0.1) is 0 Å². The Morgan fingerprint density at radius 3 is 2.67 bits per heavy atom. The SMILES string of the molecule is COc1ccc(NC(=O)CCNC(C)C)cc1C. The second-order valence-electron chi connectivity index (χ2n) is 4.59. The van der Waals surface area contributed by atoms with Crippen LogP contribution in [0, 0.1) is 6.92 Å². The van der Waals surface area contributed by atoms with Gasteiger partial charge < -0.3 is 15.4 Å². The van der Waals surface area contributed by atoms with Crippen molar-refractivity contribution in [2.75, 3.05) is 19.0 Å². The lowest BCUT2D eigenvalue weighted by Crippen LogP contribution is -2.27. The molecule has 100 valence electrons. The molecular formula is C14H22N2O2. The second kappa shape index (κ2) is 7.01. The summed E-state index contributed by atoms with van der Waals surface area (Å²) in [5.41, 5.74) is 1.82. The monoisotopic (exact) mass is 250 g/mol. The summed E-state index contributed by atoms with van der Waals surface area (Å²) in [5.74, 6) is 0.849. The molecular weight excluding hydrogens is 228 g/mol. The molecule has 1 rings (SSSR count). The van der Waals surface area contributed by atoms with E-state index in [2.05, 4.69) is 24.5 Å². The Kier molecular flexibility index (Phi) is 5.65. The van der Waals surface area contributed by atoms with E-state index in [1.807, 2.05) is 25.1 Å². The van der Waals surface area contributed by atoms with Crippen molar-refractivity contribution in [1.82, 2.24) is 5.32 Å². The first-order chi connectivity index (χ1) is 8.52. The smallest absolute Gasteiger partial charge is 0.225 e. The van der Waals surface area contributed by atoms with Crippen LogP contribution in [0.2, 0.25) is 0 Å². The molecule has 0 radical (unpaired) electrons. The van der Waals surface area contributed by atoms with Crippen molar-refractivity contribution >= 4 is 11.6 Å². The van der Waals surface area contributed by atoms with Crippen LogP contribution in [0.3, 0.4) is 0 Å². The topological polar surface area (TPSA) is 50.4 Å². The summed E-state index contributed by atoms with van der Waals surface area (Å²) in [7, 11) is 1.64. The molecule has 4 nitrogen and oxygen atoms in total. The molecule has 1 aromatic carbocycles. The van der Waals surface area contributed by atoms with Crippen molar-refractivity contribution in [2.24, 2.45) is 0 Å². The summed E-state index contributed by atoms with van der Waals surface area (Å²) in [6.07, 6.45) is 0.475. The predicted octanol–water partition coefficient (Wildman–Crippen LogP) is 2.33. The van der Waals surface area contributed by atoms with E-state index in [0.717, 1.165) is 17.0 Å². The Hall–Kier alpha value is -1.55. The molecule has 0 heterocycles. The third-order valence-electron chi connectivity index (χ3n) is 2.58. The highest BCUT2D eigenvalue weighted by atomic mass is 16.5. The first-order valence-electron chi connectivity index (χ1n) is 6.21. The third kappa shape index (κ3) is 4.75. The molecule has 2 N–H and O–H groups in total. The molecule has 0 spiro atoms. The van der Waals surface area contributed by atoms with Gasteiger partial charge in [0.2, 0.25) is 5.91 Å². The lowest BCUT2D eigenvalue weighted by Gasteiger charge is -2.10. The molecule has 18 heavy (non-hydrogen) atoms. The van der Waals surface area contributed by atoms with Crippen LogP contribution in [0.1, 0.15) is 25.8 Å². The van der Waals surface area contributed by atoms with Gasteiger partial charge in [0.1, 0.15) is 5.75 Å². The molecule has 0 saturated heterocycles. The van der Waals surface area contributed by atoms with Crippen LogP contribution in [0.25, 0.3) is 0 Å². The zero-order valence-electron chi connectivity index (χ0n) is 11.5. The Labute approximate surface area is 109 Å². The number of aryl methyl sites for hydroxylation is 1. The summed E-state index contributed by atoms with van der Waals surface area (Å²) < 4.78 is 5.17. The number of ether oxygens (including phenoxy) is 1. The van der Waals surface area contributed by atoms with Crippen molar-refractivity contribution < 1.29 is 9.53 Å². The van der Waals surface area contributed by atoms with Crippen LogP contribution < -0.4 is 15.4 Å². The summed E-state index contributed by atoms with van der Waals surface area (Å²) in [4.78, 5) is 11.7. The van der Waals surface area contributed by atoms with E-state index in [9.17, 15) is 4.79 Å². The molecule has 0 aliphatic rings. The fourth-order valence-electron chi connectivity index (χ4n) is 1.65. The maximum absolute atomic E-state index is 11.7. The van der Waals surface area contributed by atoms with Crippen LogP contribution in [0.15, 0.2) is 18.2 Å². The summed E-state index contributed by atoms with van der Waals surface area (Å²) in [6, 6.07) is 6.02. The van der Waals surface area contributed by atoms with Gasteiger partial charge in [0.05, 0.1) is 7.11 Å². The molecule has 0 fully saturated rings. The van der Waals surface area contributed by atoms with Crippen molar-refractivity contribution in [3.8, 4) is 5.75 Å². The number of benzene rings is 1. The number of nitrogens with one attached hydrogen (secondary N) is 2. The standard InChI is InChI=1S/C14H22N2O2/c1-10(2)15-8-7-14(17)16-12-5-6-13(18-4)11(3)9-12/h5-6,9-10,15H,7-8H2,1-4H3,(H,16,17). The predicted molar refractivity (Wildman–Crippen MR) is 74.1 cm³/mol. The normalized spacial score (nSPS) is 10.5. The van der Waals surface area contributed by atoms with Crippen molar-refractivity contribution in [3.05, 3.63) is 23.8 Å². The maximum Gasteiger partial charge on any atom is 0.225 e. The van der Waals surface area contributed by atoms with Gasteiger partial charge in [0.25, 0.3) is 0 Å². The Morgan fingerprint density at radius 2 is 2.11 bits per heavy atom. The van der Waals surface area contributed by atoms with Crippen LogP contribution in [-0.2, 0) is 4.79 Å². The Morgan fingerprint density at radius 1 is 1.39 bits per heavy atom. The quantitative estimate of drug-likeness (QED) is 0.814. The van der Waals surface area contributed by atoms with Gasteiger partial charge in [-0.2, -0.15) is 0 Å². The fourth-order valence-corrected chi connectivity index (χ4v) is 1.65. The number of rotatable bonds is 6. The molecule has 4 heteroatoms. The van der Waals surface area contributed by atoms with Gasteiger partial charge in [-0.25, -0.2) is 0 Å². The zero-order chi connectivity index (χ0) is 13.5. The maximum atomic E-state index is 11.7. The summed E-state index contributed by atoms with van der Waals surface area (Å²) >= 11 is 0. The molecule has 0 aliphatic heterocycles. The molecule has 0 saturated carbocycles. The summed E-state index contributed by atoms with van der Waals surface area (Å²) in [6.45, 7) is 6.77. The van der Waals surface area contributed by atoms with Gasteiger partial charge in [0, 0.05) is 24.7 Å². The molecule has 0 bridgehead atoms. The number of carbonyl (C=O) groups excluding carboxylic acids is 1. The molecule has 1 aromatic rings. The van der Waals surface area contributed by atoms with Gasteiger partial charge in [-0.1, -0.05) is 13.8 Å². The van der Waals surface area contributed by atoms with Crippen molar-refractivity contribution in [1.29, 1.82) is 0 Å². The highest BCUT2D eigenvalue weighted by Gasteiger charge is 2.04. The van der Waals surface area contributed by atoms with E-state index in [1.165, 1.54) is 0 Å². The van der Waals surface area contributed by atoms with Gasteiger partial charge in [-0.3, -0.25) is 4.79 Å². The van der Waals surface area contributed by atoms with E-state index in [0.29, 0.717) is 19.0 Å². The highest BCUT2D eigenvalue weighted by molar-refractivity contribution is 5.91. The molecule has 1 amide bonds. The number of methoxy groups -OCH3 is 1. The van der Waals surface area contributed by atoms with E-state index in [1.54, 1.807) is 7.11 Å². The molecule has 0 atom stereocenters. The fraction of sp³-hybridized carbons (Fsp3) is 0.500. The molecule has 0 aliphatic carbocycles. The van der Waals surface area contributed by atoms with Crippen LogP contribution in [0.5, 0.6) is 5.75 Å². The van der Waals surface area contributed by atoms with E-state index >= 15 is 0 Å². The highest BCUT2D eigenvalue weighted by Crippen LogP contribution is 2.21. The van der Waals surface area contributed by atoms with E-state index in [-0.39, 0.29) is 5.91 Å². The van der Waals surface area contributed by atoms with Gasteiger partial charge in [0.15, 0.2) is 0 Å². The number of carbonyl (C=O) groups is 1. The Bertz CT molecular complexity index is 403. The lowest BCUT2D eigenvalue weighted by atomic mass is 10.2. The average Bonchev–Trinajstić information content (AvgIpc) is 2.28. The number of hydrogen-bond donors (Lipinski definition) is 2. The second-order valence-corrected chi connectivity index (χ2v) is 4.59. The first kappa shape index (κ1) is 14.5. The largest absolute Gasteiger partial charge is 0.496 e. The van der Waals surface area contributed by atoms with Crippen molar-refractivity contribution in [2.45, 2.75) is 33.2 Å². The van der Waals surface area contributed by atoms with Gasteiger partial charge in [-0.05, 0) is 30.7 Å². The third-order valence-corrected chi connectivity index (χ3v) is 2.58. The number of hydrogen-bond acceptors (Lipinski definition) is 3. The number of anilines is 1. The summed E-state index contributed by atoms with van der Waals surface area (Å²) in [5, 5.41) is 6.08. The minimum Gasteiger partial charge on any atom is -0.496 e. The Balaban J connectivity index is 2.47. The minimum atomic E-state index is 0.0210. The van der Waals surface area contributed by atoms with Crippen LogP contribution in [-0.4, -0.2) is 25.6 Å². The molecule has 0 aromatic heterocycles. The number of amides is 1. The van der Waals surface area contributed by atoms with Crippen LogP contribution >= 0.6 is 0 Å². The molecule has 0 unspecified atom stereocenters. The van der Waals surface area contributed by atoms with Gasteiger partial charge >= 0.3 is 0 Å². The van der Waals surface area contributed by atoms with Crippen molar-refractivity contribution in [3.63, 3.8) is 0 Å². The lowest BCUT2D eigenvalue weighted by molar-refractivity contribution is -0.116. The van der Waals surface area contributed by atoms with E-state index < -0.39 is 0 Å². The minimum absolute atomic E-state index is 0.0210. The zero-order valence-corrected chi connectivity index (χ0v) is 11.5. The average molecular weight is 250 g/mol. The van der Waals surface area contributed by atoms with Crippen LogP contribution in [0.4, 0.5) is 5.69 Å². The van der Waals surface area contributed by atoms with E-state index in [4.69, 9.17) is 4.74 Å². The first-order valence-corrected chi connectivity index (χ1v) is 6.21.